The molecule has 1 N–H and O–H groups in total. The minimum absolute atomic E-state index is 0.323. The molecular formula is C19H15ClN4O2. The molecule has 130 valence electrons. The van der Waals surface area contributed by atoms with Crippen LogP contribution in [0.1, 0.15) is 5.56 Å². The highest BCUT2D eigenvalue weighted by Crippen LogP contribution is 2.23. The van der Waals surface area contributed by atoms with Gasteiger partial charge in [0, 0.05) is 17.6 Å². The number of aromatic nitrogens is 4. The summed E-state index contributed by atoms with van der Waals surface area (Å²) in [5.41, 5.74) is 1.53. The van der Waals surface area contributed by atoms with Crippen LogP contribution in [-0.4, -0.2) is 19.1 Å². The van der Waals surface area contributed by atoms with E-state index in [0.717, 1.165) is 11.1 Å². The number of imidazole rings is 1. The Labute approximate surface area is 153 Å². The molecule has 2 aromatic heterocycles. The molecule has 0 aliphatic carbocycles. The maximum atomic E-state index is 12.4. The number of nitrogens with zero attached hydrogens (tertiary/aromatic N) is 3. The van der Waals surface area contributed by atoms with Crippen LogP contribution in [0.15, 0.2) is 64.2 Å². The van der Waals surface area contributed by atoms with Gasteiger partial charge in [-0.3, -0.25) is 14.3 Å². The highest BCUT2D eigenvalue weighted by atomic mass is 35.5. The van der Waals surface area contributed by atoms with E-state index in [-0.39, 0.29) is 0 Å². The Morgan fingerprint density at radius 2 is 1.73 bits per heavy atom. The fraction of sp³-hybridized carbons (Fsp3) is 0.105. The molecule has 0 radical (unpaired) electrons. The van der Waals surface area contributed by atoms with E-state index in [0.29, 0.717) is 28.6 Å². The topological polar surface area (TPSA) is 72.7 Å². The quantitative estimate of drug-likeness (QED) is 0.606. The summed E-state index contributed by atoms with van der Waals surface area (Å²) in [7, 11) is 1.76. The first-order valence-corrected chi connectivity index (χ1v) is 8.42. The number of aryl methyl sites for hydroxylation is 1. The van der Waals surface area contributed by atoms with E-state index in [4.69, 9.17) is 11.6 Å². The second-order valence-corrected chi connectivity index (χ2v) is 6.44. The van der Waals surface area contributed by atoms with E-state index < -0.39 is 11.2 Å². The van der Waals surface area contributed by atoms with Crippen molar-refractivity contribution in [2.75, 3.05) is 0 Å². The van der Waals surface area contributed by atoms with Crippen LogP contribution in [0.3, 0.4) is 0 Å². The lowest BCUT2D eigenvalue weighted by atomic mass is 10.2. The molecule has 0 fully saturated rings. The van der Waals surface area contributed by atoms with Gasteiger partial charge in [-0.2, -0.15) is 0 Å². The molecule has 7 heteroatoms. The smallest absolute Gasteiger partial charge is 0.321 e. The Morgan fingerprint density at radius 1 is 1.04 bits per heavy atom. The van der Waals surface area contributed by atoms with Gasteiger partial charge in [-0.15, -0.1) is 0 Å². The van der Waals surface area contributed by atoms with Gasteiger partial charge in [0.15, 0.2) is 11.2 Å². The SMILES string of the molecule is Cn1c(-c2ccc(Cl)cc2)nc2c1c(=O)[nH]c(=O)n2Cc1ccccc1. The van der Waals surface area contributed by atoms with E-state index >= 15 is 0 Å². The van der Waals surface area contributed by atoms with Crippen LogP contribution < -0.4 is 11.2 Å². The van der Waals surface area contributed by atoms with Crippen molar-refractivity contribution < 1.29 is 0 Å². The summed E-state index contributed by atoms with van der Waals surface area (Å²) in [6.45, 7) is 0.323. The summed E-state index contributed by atoms with van der Waals surface area (Å²) in [6, 6.07) is 16.7. The summed E-state index contributed by atoms with van der Waals surface area (Å²) < 4.78 is 3.17. The zero-order valence-corrected chi connectivity index (χ0v) is 14.7. The number of fused-ring (bicyclic) bond motifs is 1. The van der Waals surface area contributed by atoms with Crippen LogP contribution in [0.2, 0.25) is 5.02 Å². The monoisotopic (exact) mass is 366 g/mol. The van der Waals surface area contributed by atoms with Crippen molar-refractivity contribution in [2.24, 2.45) is 7.05 Å². The van der Waals surface area contributed by atoms with Crippen LogP contribution in [-0.2, 0) is 13.6 Å². The molecule has 0 aliphatic heterocycles. The Balaban J connectivity index is 1.96. The molecule has 0 saturated carbocycles. The number of benzene rings is 2. The van der Waals surface area contributed by atoms with Gasteiger partial charge in [-0.1, -0.05) is 41.9 Å². The first kappa shape index (κ1) is 16.4. The van der Waals surface area contributed by atoms with Crippen molar-refractivity contribution in [1.82, 2.24) is 19.1 Å². The Kier molecular flexibility index (Phi) is 3.97. The zero-order valence-electron chi connectivity index (χ0n) is 13.9. The van der Waals surface area contributed by atoms with Crippen LogP contribution in [0.5, 0.6) is 0 Å². The lowest BCUT2D eigenvalue weighted by molar-refractivity contribution is 0.747. The van der Waals surface area contributed by atoms with Crippen molar-refractivity contribution in [3.63, 3.8) is 0 Å². The lowest BCUT2D eigenvalue weighted by Gasteiger charge is -2.06. The van der Waals surface area contributed by atoms with Crippen molar-refractivity contribution >= 4 is 22.8 Å². The molecule has 2 heterocycles. The summed E-state index contributed by atoms with van der Waals surface area (Å²) in [4.78, 5) is 31.8. The number of H-pyrrole nitrogens is 1. The predicted molar refractivity (Wildman–Crippen MR) is 102 cm³/mol. The van der Waals surface area contributed by atoms with Gasteiger partial charge in [0.1, 0.15) is 5.82 Å². The van der Waals surface area contributed by atoms with E-state index in [2.05, 4.69) is 9.97 Å². The third-order valence-corrected chi connectivity index (χ3v) is 4.55. The van der Waals surface area contributed by atoms with Gasteiger partial charge in [-0.05, 0) is 29.8 Å². The maximum Gasteiger partial charge on any atom is 0.330 e. The number of rotatable bonds is 3. The molecule has 4 aromatic rings. The first-order valence-electron chi connectivity index (χ1n) is 8.04. The fourth-order valence-electron chi connectivity index (χ4n) is 3.02. The first-order chi connectivity index (χ1) is 12.5. The van der Waals surface area contributed by atoms with Crippen molar-refractivity contribution in [2.45, 2.75) is 6.54 Å². The van der Waals surface area contributed by atoms with E-state index in [1.54, 1.807) is 23.7 Å². The van der Waals surface area contributed by atoms with Crippen LogP contribution >= 0.6 is 11.6 Å². The van der Waals surface area contributed by atoms with Crippen molar-refractivity contribution in [1.29, 1.82) is 0 Å². The molecule has 0 saturated heterocycles. The fourth-order valence-corrected chi connectivity index (χ4v) is 3.14. The molecule has 0 unspecified atom stereocenters. The van der Waals surface area contributed by atoms with E-state index in [9.17, 15) is 9.59 Å². The van der Waals surface area contributed by atoms with Gasteiger partial charge in [-0.25, -0.2) is 9.78 Å². The molecule has 2 aromatic carbocycles. The molecule has 0 spiro atoms. The standard InChI is InChI=1S/C19H15ClN4O2/c1-23-15-17(21-16(23)13-7-9-14(20)10-8-13)24(19(26)22-18(15)25)11-12-5-3-2-4-6-12/h2-10H,11H2,1H3,(H,22,25,26). The minimum Gasteiger partial charge on any atom is -0.321 e. The summed E-state index contributed by atoms with van der Waals surface area (Å²) >= 11 is 5.95. The number of aromatic amines is 1. The average molecular weight is 367 g/mol. The predicted octanol–water partition coefficient (Wildman–Crippen LogP) is 2.79. The van der Waals surface area contributed by atoms with Crippen LogP contribution in [0, 0.1) is 0 Å². The van der Waals surface area contributed by atoms with Crippen LogP contribution in [0.4, 0.5) is 0 Å². The number of nitrogens with one attached hydrogen (secondary N) is 1. The molecule has 6 nitrogen and oxygen atoms in total. The molecule has 0 atom stereocenters. The van der Waals surface area contributed by atoms with Crippen molar-refractivity contribution in [3.8, 4) is 11.4 Å². The molecule has 4 rings (SSSR count). The maximum absolute atomic E-state index is 12.4. The number of hydrogen-bond acceptors (Lipinski definition) is 3. The minimum atomic E-state index is -0.480. The largest absolute Gasteiger partial charge is 0.330 e. The van der Waals surface area contributed by atoms with E-state index in [1.807, 2.05) is 42.5 Å². The lowest BCUT2D eigenvalue weighted by Crippen LogP contribution is -2.31. The zero-order chi connectivity index (χ0) is 18.3. The second kappa shape index (κ2) is 6.31. The van der Waals surface area contributed by atoms with Gasteiger partial charge >= 0.3 is 5.69 Å². The third-order valence-electron chi connectivity index (χ3n) is 4.30. The van der Waals surface area contributed by atoms with Crippen molar-refractivity contribution in [3.05, 3.63) is 86.0 Å². The summed E-state index contributed by atoms with van der Waals surface area (Å²) in [5.74, 6) is 0.592. The summed E-state index contributed by atoms with van der Waals surface area (Å²) in [6.07, 6.45) is 0. The molecule has 0 amide bonds. The highest BCUT2D eigenvalue weighted by molar-refractivity contribution is 6.30. The summed E-state index contributed by atoms with van der Waals surface area (Å²) in [5, 5.41) is 0.617. The number of hydrogen-bond donors (Lipinski definition) is 1. The van der Waals surface area contributed by atoms with E-state index in [1.165, 1.54) is 4.57 Å². The van der Waals surface area contributed by atoms with Gasteiger partial charge in [0.2, 0.25) is 0 Å². The molecule has 0 aliphatic rings. The highest BCUT2D eigenvalue weighted by Gasteiger charge is 2.17. The van der Waals surface area contributed by atoms with Gasteiger partial charge < -0.3 is 4.57 Å². The average Bonchev–Trinajstić information content (AvgIpc) is 2.98. The molecule has 0 bridgehead atoms. The Bertz CT molecular complexity index is 1200. The Morgan fingerprint density at radius 3 is 2.42 bits per heavy atom. The third kappa shape index (κ3) is 2.74. The molecular weight excluding hydrogens is 352 g/mol. The van der Waals surface area contributed by atoms with Gasteiger partial charge in [0.05, 0.1) is 6.54 Å². The Hall–Kier alpha value is -3.12. The molecule has 26 heavy (non-hydrogen) atoms. The number of halogens is 1. The van der Waals surface area contributed by atoms with Crippen LogP contribution in [0.25, 0.3) is 22.6 Å². The van der Waals surface area contributed by atoms with Gasteiger partial charge in [0.25, 0.3) is 5.56 Å². The normalized spacial score (nSPS) is 11.2. The second-order valence-electron chi connectivity index (χ2n) is 6.00.